The topological polar surface area (TPSA) is 64.1 Å². The fraction of sp³-hybridized carbons (Fsp3) is 0.455. The van der Waals surface area contributed by atoms with Crippen LogP contribution < -0.4 is 5.32 Å². The molecule has 0 fully saturated rings. The fourth-order valence-corrected chi connectivity index (χ4v) is 1.36. The van der Waals surface area contributed by atoms with Gasteiger partial charge in [-0.2, -0.15) is 4.98 Å². The Balaban J connectivity index is 2.13. The Bertz CT molecular complexity index is 461. The molecule has 0 amide bonds. The first kappa shape index (κ1) is 10.9. The van der Waals surface area contributed by atoms with Crippen molar-refractivity contribution in [3.8, 4) is 11.7 Å². The molecule has 0 aliphatic carbocycles. The van der Waals surface area contributed by atoms with Crippen LogP contribution in [0.2, 0.25) is 0 Å². The highest BCUT2D eigenvalue weighted by Gasteiger charge is 2.13. The Kier molecular flexibility index (Phi) is 3.05. The molecule has 2 heterocycles. The zero-order valence-electron chi connectivity index (χ0n) is 9.65. The molecule has 2 rings (SSSR count). The highest BCUT2D eigenvalue weighted by Crippen LogP contribution is 2.19. The normalized spacial score (nSPS) is 12.9. The number of rotatable bonds is 4. The molecular formula is C11H15N3O2. The van der Waals surface area contributed by atoms with Crippen molar-refractivity contribution >= 4 is 0 Å². The van der Waals surface area contributed by atoms with Crippen molar-refractivity contribution in [2.45, 2.75) is 26.3 Å². The molecule has 1 atom stereocenters. The van der Waals surface area contributed by atoms with E-state index in [-0.39, 0.29) is 0 Å². The number of hydrogen-bond acceptors (Lipinski definition) is 5. The van der Waals surface area contributed by atoms with E-state index in [1.807, 2.05) is 26.1 Å². The minimum absolute atomic E-state index is 0.323. The van der Waals surface area contributed by atoms with Crippen molar-refractivity contribution in [1.82, 2.24) is 15.5 Å². The number of aromatic nitrogens is 2. The smallest absolute Gasteiger partial charge is 0.293 e. The van der Waals surface area contributed by atoms with Gasteiger partial charge in [0.25, 0.3) is 5.89 Å². The van der Waals surface area contributed by atoms with Gasteiger partial charge >= 0.3 is 0 Å². The summed E-state index contributed by atoms with van der Waals surface area (Å²) in [5.74, 6) is 2.57. The quantitative estimate of drug-likeness (QED) is 0.852. The van der Waals surface area contributed by atoms with Gasteiger partial charge in [0.2, 0.25) is 0 Å². The number of nitrogens with one attached hydrogen (secondary N) is 1. The van der Waals surface area contributed by atoms with Crippen LogP contribution in [0.15, 0.2) is 21.1 Å². The SMILES string of the molecule is CNC(C)Cc1noc(-c2ccc(C)o2)n1. The minimum Gasteiger partial charge on any atom is -0.456 e. The summed E-state index contributed by atoms with van der Waals surface area (Å²) in [6, 6.07) is 4.02. The van der Waals surface area contributed by atoms with Crippen molar-refractivity contribution in [2.24, 2.45) is 0 Å². The average Bonchev–Trinajstić information content (AvgIpc) is 2.87. The largest absolute Gasteiger partial charge is 0.456 e. The molecule has 5 heteroatoms. The molecule has 0 radical (unpaired) electrons. The van der Waals surface area contributed by atoms with Gasteiger partial charge in [-0.05, 0) is 33.0 Å². The van der Waals surface area contributed by atoms with Gasteiger partial charge in [-0.3, -0.25) is 0 Å². The van der Waals surface area contributed by atoms with Gasteiger partial charge in [0.1, 0.15) is 5.76 Å². The van der Waals surface area contributed by atoms with Crippen molar-refractivity contribution in [3.05, 3.63) is 23.7 Å². The molecule has 0 aromatic carbocycles. The van der Waals surface area contributed by atoms with Gasteiger partial charge in [0.15, 0.2) is 11.6 Å². The van der Waals surface area contributed by atoms with Crippen LogP contribution in [0.5, 0.6) is 0 Å². The second-order valence-corrected chi connectivity index (χ2v) is 3.82. The lowest BCUT2D eigenvalue weighted by Gasteiger charge is -2.04. The van der Waals surface area contributed by atoms with Crippen LogP contribution in [0.4, 0.5) is 0 Å². The second kappa shape index (κ2) is 4.49. The van der Waals surface area contributed by atoms with Gasteiger partial charge in [-0.1, -0.05) is 5.16 Å². The van der Waals surface area contributed by atoms with E-state index in [4.69, 9.17) is 8.94 Å². The van der Waals surface area contributed by atoms with Gasteiger partial charge in [-0.15, -0.1) is 0 Å². The average molecular weight is 221 g/mol. The van der Waals surface area contributed by atoms with Crippen molar-refractivity contribution in [3.63, 3.8) is 0 Å². The summed E-state index contributed by atoms with van der Waals surface area (Å²) < 4.78 is 10.5. The van der Waals surface area contributed by atoms with Crippen LogP contribution in [0, 0.1) is 6.92 Å². The summed E-state index contributed by atoms with van der Waals surface area (Å²) in [5.41, 5.74) is 0. The van der Waals surface area contributed by atoms with Crippen molar-refractivity contribution < 1.29 is 8.94 Å². The van der Waals surface area contributed by atoms with Crippen LogP contribution in [0.3, 0.4) is 0 Å². The monoisotopic (exact) mass is 221 g/mol. The number of likely N-dealkylation sites (N-methyl/N-ethyl adjacent to an activating group) is 1. The van der Waals surface area contributed by atoms with E-state index in [9.17, 15) is 0 Å². The maximum Gasteiger partial charge on any atom is 0.293 e. The van der Waals surface area contributed by atoms with E-state index in [0.717, 1.165) is 12.2 Å². The third-order valence-corrected chi connectivity index (χ3v) is 2.40. The van der Waals surface area contributed by atoms with Crippen LogP contribution in [-0.4, -0.2) is 23.2 Å². The third kappa shape index (κ3) is 2.30. The molecule has 1 unspecified atom stereocenters. The standard InChI is InChI=1S/C11H15N3O2/c1-7(12-3)6-10-13-11(16-14-10)9-5-4-8(2)15-9/h4-5,7,12H,6H2,1-3H3. The predicted octanol–water partition coefficient (Wildman–Crippen LogP) is 1.79. The highest BCUT2D eigenvalue weighted by molar-refractivity contribution is 5.43. The Morgan fingerprint density at radius 3 is 2.88 bits per heavy atom. The van der Waals surface area contributed by atoms with Crippen LogP contribution in [0.25, 0.3) is 11.7 Å². The maximum absolute atomic E-state index is 5.40. The minimum atomic E-state index is 0.323. The second-order valence-electron chi connectivity index (χ2n) is 3.82. The molecule has 0 aliphatic rings. The molecule has 2 aromatic heterocycles. The zero-order valence-corrected chi connectivity index (χ0v) is 9.65. The van der Waals surface area contributed by atoms with Gasteiger partial charge in [0.05, 0.1) is 0 Å². The Hall–Kier alpha value is -1.62. The molecule has 0 spiro atoms. The first-order valence-corrected chi connectivity index (χ1v) is 5.25. The van der Waals surface area contributed by atoms with E-state index in [2.05, 4.69) is 22.4 Å². The summed E-state index contributed by atoms with van der Waals surface area (Å²) in [6.07, 6.45) is 0.736. The zero-order chi connectivity index (χ0) is 11.5. The molecule has 86 valence electrons. The van der Waals surface area contributed by atoms with Crippen LogP contribution in [0.1, 0.15) is 18.5 Å². The van der Waals surface area contributed by atoms with Gasteiger partial charge in [0, 0.05) is 12.5 Å². The number of furan rings is 1. The number of nitrogens with zero attached hydrogens (tertiary/aromatic N) is 2. The molecule has 0 saturated carbocycles. The van der Waals surface area contributed by atoms with Crippen LogP contribution >= 0.6 is 0 Å². The Morgan fingerprint density at radius 1 is 1.44 bits per heavy atom. The molecular weight excluding hydrogens is 206 g/mol. The van der Waals surface area contributed by atoms with E-state index in [1.165, 1.54) is 0 Å². The maximum atomic E-state index is 5.40. The first-order chi connectivity index (χ1) is 7.69. The molecule has 16 heavy (non-hydrogen) atoms. The summed E-state index contributed by atoms with van der Waals surface area (Å²) in [4.78, 5) is 4.27. The summed E-state index contributed by atoms with van der Waals surface area (Å²) in [7, 11) is 1.90. The molecule has 1 N–H and O–H groups in total. The summed E-state index contributed by atoms with van der Waals surface area (Å²) in [5, 5.41) is 7.03. The van der Waals surface area contributed by atoms with E-state index >= 15 is 0 Å². The summed E-state index contributed by atoms with van der Waals surface area (Å²) >= 11 is 0. The third-order valence-electron chi connectivity index (χ3n) is 2.40. The molecule has 0 bridgehead atoms. The van der Waals surface area contributed by atoms with E-state index in [0.29, 0.717) is 23.5 Å². The van der Waals surface area contributed by atoms with E-state index in [1.54, 1.807) is 0 Å². The molecule has 2 aromatic rings. The van der Waals surface area contributed by atoms with Gasteiger partial charge in [-0.25, -0.2) is 0 Å². The predicted molar refractivity (Wildman–Crippen MR) is 59.0 cm³/mol. The van der Waals surface area contributed by atoms with E-state index < -0.39 is 0 Å². The number of aryl methyl sites for hydroxylation is 1. The first-order valence-electron chi connectivity index (χ1n) is 5.25. The Morgan fingerprint density at radius 2 is 2.25 bits per heavy atom. The van der Waals surface area contributed by atoms with Crippen LogP contribution in [-0.2, 0) is 6.42 Å². The summed E-state index contributed by atoms with van der Waals surface area (Å²) in [6.45, 7) is 3.94. The van der Waals surface area contributed by atoms with Crippen molar-refractivity contribution in [1.29, 1.82) is 0 Å². The van der Waals surface area contributed by atoms with Crippen molar-refractivity contribution in [2.75, 3.05) is 7.05 Å². The molecule has 5 nitrogen and oxygen atoms in total. The Labute approximate surface area is 93.8 Å². The lowest BCUT2D eigenvalue weighted by Crippen LogP contribution is -2.24. The van der Waals surface area contributed by atoms with Gasteiger partial charge < -0.3 is 14.3 Å². The lowest BCUT2D eigenvalue weighted by molar-refractivity contribution is 0.403. The molecule has 0 aliphatic heterocycles. The highest BCUT2D eigenvalue weighted by atomic mass is 16.5. The lowest BCUT2D eigenvalue weighted by atomic mass is 10.2. The number of hydrogen-bond donors (Lipinski definition) is 1. The molecule has 0 saturated heterocycles. The fourth-order valence-electron chi connectivity index (χ4n) is 1.36.